The minimum atomic E-state index is -3.08. The number of hydrogen-bond donors (Lipinski definition) is 0. The van der Waals surface area contributed by atoms with Gasteiger partial charge in [0.05, 0.1) is 4.90 Å². The second kappa shape index (κ2) is 5.41. The Balaban J connectivity index is 2.02. The molecule has 0 aliphatic carbocycles. The first kappa shape index (κ1) is 13.6. The van der Waals surface area contributed by atoms with Crippen molar-refractivity contribution in [3.8, 4) is 0 Å². The molecule has 0 aromatic heterocycles. The summed E-state index contributed by atoms with van der Waals surface area (Å²) in [5, 5.41) is 0. The van der Waals surface area contributed by atoms with Crippen LogP contribution in [0, 0.1) is 5.92 Å². The lowest BCUT2D eigenvalue weighted by atomic mass is 10.00. The fourth-order valence-corrected chi connectivity index (χ4v) is 3.16. The van der Waals surface area contributed by atoms with Crippen molar-refractivity contribution in [2.75, 3.05) is 19.3 Å². The van der Waals surface area contributed by atoms with Gasteiger partial charge in [-0.3, -0.25) is 4.90 Å². The van der Waals surface area contributed by atoms with Gasteiger partial charge >= 0.3 is 0 Å². The van der Waals surface area contributed by atoms with E-state index in [-0.39, 0.29) is 0 Å². The molecule has 0 bridgehead atoms. The average molecular weight is 267 g/mol. The predicted octanol–water partition coefficient (Wildman–Crippen LogP) is 2.32. The fourth-order valence-electron chi connectivity index (χ4n) is 2.53. The highest BCUT2D eigenvalue weighted by Crippen LogP contribution is 2.18. The van der Waals surface area contributed by atoms with E-state index in [1.54, 1.807) is 12.1 Å². The van der Waals surface area contributed by atoms with E-state index in [0.717, 1.165) is 25.6 Å². The topological polar surface area (TPSA) is 37.4 Å². The van der Waals surface area contributed by atoms with Crippen LogP contribution < -0.4 is 0 Å². The molecule has 1 aliphatic rings. The molecule has 100 valence electrons. The zero-order valence-corrected chi connectivity index (χ0v) is 11.9. The average Bonchev–Trinajstić information content (AvgIpc) is 2.28. The quantitative estimate of drug-likeness (QED) is 0.843. The van der Waals surface area contributed by atoms with Gasteiger partial charge in [0.15, 0.2) is 9.84 Å². The molecule has 0 N–H and O–H groups in total. The second-order valence-electron chi connectivity index (χ2n) is 5.40. The number of rotatable bonds is 3. The lowest BCUT2D eigenvalue weighted by molar-refractivity contribution is 0.176. The van der Waals surface area contributed by atoms with Crippen LogP contribution in [0.5, 0.6) is 0 Å². The van der Waals surface area contributed by atoms with Crippen LogP contribution >= 0.6 is 0 Å². The number of piperidine rings is 1. The van der Waals surface area contributed by atoms with E-state index in [9.17, 15) is 8.42 Å². The van der Waals surface area contributed by atoms with Gasteiger partial charge in [-0.05, 0) is 43.0 Å². The van der Waals surface area contributed by atoms with E-state index >= 15 is 0 Å². The molecule has 3 nitrogen and oxygen atoms in total. The van der Waals surface area contributed by atoms with Gasteiger partial charge < -0.3 is 0 Å². The molecule has 2 rings (SSSR count). The summed E-state index contributed by atoms with van der Waals surface area (Å²) in [4.78, 5) is 2.85. The molecule has 1 aromatic rings. The summed E-state index contributed by atoms with van der Waals surface area (Å²) in [6.07, 6.45) is 3.83. The van der Waals surface area contributed by atoms with Gasteiger partial charge in [0, 0.05) is 19.3 Å². The summed E-state index contributed by atoms with van der Waals surface area (Å²) in [5.74, 6) is 0.772. The monoisotopic (exact) mass is 267 g/mol. The normalized spacial score (nSPS) is 22.0. The molecule has 0 amide bonds. The molecule has 4 heteroatoms. The van der Waals surface area contributed by atoms with Gasteiger partial charge in [0.25, 0.3) is 0 Å². The molecule has 0 radical (unpaired) electrons. The molecule has 0 spiro atoms. The van der Waals surface area contributed by atoms with Crippen LogP contribution in [0.3, 0.4) is 0 Å². The van der Waals surface area contributed by atoms with Gasteiger partial charge in [-0.25, -0.2) is 8.42 Å². The first-order valence-electron chi connectivity index (χ1n) is 6.46. The Morgan fingerprint density at radius 2 is 1.94 bits per heavy atom. The van der Waals surface area contributed by atoms with Gasteiger partial charge in [0.1, 0.15) is 0 Å². The highest BCUT2D eigenvalue weighted by molar-refractivity contribution is 7.90. The van der Waals surface area contributed by atoms with Crippen molar-refractivity contribution < 1.29 is 8.42 Å². The molecule has 1 atom stereocenters. The molecule has 1 fully saturated rings. The maximum atomic E-state index is 11.4. The third-order valence-corrected chi connectivity index (χ3v) is 4.63. The molecular formula is C14H21NO2S. The Hall–Kier alpha value is -0.870. The number of likely N-dealkylation sites (tertiary alicyclic amines) is 1. The lowest BCUT2D eigenvalue weighted by Crippen LogP contribution is -2.33. The van der Waals surface area contributed by atoms with Crippen molar-refractivity contribution in [3.05, 3.63) is 29.8 Å². The first-order valence-corrected chi connectivity index (χ1v) is 8.35. The molecule has 1 heterocycles. The SMILES string of the molecule is C[C@H]1CCCN(Cc2ccc(S(C)(=O)=O)cc2)C1. The molecule has 18 heavy (non-hydrogen) atoms. The summed E-state index contributed by atoms with van der Waals surface area (Å²) in [6.45, 7) is 5.51. The van der Waals surface area contributed by atoms with Gasteiger partial charge in [0.2, 0.25) is 0 Å². The van der Waals surface area contributed by atoms with E-state index in [0.29, 0.717) is 4.90 Å². The first-order chi connectivity index (χ1) is 8.45. The van der Waals surface area contributed by atoms with Gasteiger partial charge in [-0.1, -0.05) is 19.1 Å². The molecule has 1 aromatic carbocycles. The number of nitrogens with zero attached hydrogens (tertiary/aromatic N) is 1. The zero-order chi connectivity index (χ0) is 13.2. The van der Waals surface area contributed by atoms with Crippen molar-refractivity contribution in [1.29, 1.82) is 0 Å². The third-order valence-electron chi connectivity index (χ3n) is 3.50. The summed E-state index contributed by atoms with van der Waals surface area (Å²) in [5.41, 5.74) is 1.19. The maximum Gasteiger partial charge on any atom is 0.175 e. The molecule has 1 saturated heterocycles. The third kappa shape index (κ3) is 3.56. The Morgan fingerprint density at radius 3 is 2.50 bits per heavy atom. The van der Waals surface area contributed by atoms with Crippen molar-refractivity contribution in [1.82, 2.24) is 4.90 Å². The Labute approximate surface area is 110 Å². The standard InChI is InChI=1S/C14H21NO2S/c1-12-4-3-9-15(10-12)11-13-5-7-14(8-6-13)18(2,16)17/h5-8,12H,3-4,9-11H2,1-2H3/t12-/m0/s1. The summed E-state index contributed by atoms with van der Waals surface area (Å²) in [6, 6.07) is 7.27. The van der Waals surface area contributed by atoms with E-state index in [1.165, 1.54) is 24.7 Å². The summed E-state index contributed by atoms with van der Waals surface area (Å²) in [7, 11) is -3.08. The van der Waals surface area contributed by atoms with E-state index in [2.05, 4.69) is 11.8 Å². The maximum absolute atomic E-state index is 11.4. The highest BCUT2D eigenvalue weighted by atomic mass is 32.2. The number of hydrogen-bond acceptors (Lipinski definition) is 3. The van der Waals surface area contributed by atoms with Crippen LogP contribution in [0.4, 0.5) is 0 Å². The highest BCUT2D eigenvalue weighted by Gasteiger charge is 2.16. The minimum Gasteiger partial charge on any atom is -0.299 e. The van der Waals surface area contributed by atoms with Crippen LogP contribution in [-0.4, -0.2) is 32.7 Å². The molecular weight excluding hydrogens is 246 g/mol. The van der Waals surface area contributed by atoms with Crippen molar-refractivity contribution >= 4 is 9.84 Å². The summed E-state index contributed by atoms with van der Waals surface area (Å²) < 4.78 is 22.7. The lowest BCUT2D eigenvalue weighted by Gasteiger charge is -2.30. The van der Waals surface area contributed by atoms with Crippen LogP contribution in [0.2, 0.25) is 0 Å². The number of sulfone groups is 1. The fraction of sp³-hybridized carbons (Fsp3) is 0.571. The van der Waals surface area contributed by atoms with Gasteiger partial charge in [-0.15, -0.1) is 0 Å². The molecule has 0 unspecified atom stereocenters. The Morgan fingerprint density at radius 1 is 1.28 bits per heavy atom. The smallest absolute Gasteiger partial charge is 0.175 e. The van der Waals surface area contributed by atoms with Crippen LogP contribution in [0.25, 0.3) is 0 Å². The van der Waals surface area contributed by atoms with Crippen LogP contribution in [0.15, 0.2) is 29.2 Å². The van der Waals surface area contributed by atoms with Gasteiger partial charge in [-0.2, -0.15) is 0 Å². The molecule has 0 saturated carbocycles. The second-order valence-corrected chi connectivity index (χ2v) is 7.41. The summed E-state index contributed by atoms with van der Waals surface area (Å²) >= 11 is 0. The van der Waals surface area contributed by atoms with E-state index in [4.69, 9.17) is 0 Å². The largest absolute Gasteiger partial charge is 0.299 e. The van der Waals surface area contributed by atoms with Crippen molar-refractivity contribution in [2.45, 2.75) is 31.2 Å². The van der Waals surface area contributed by atoms with E-state index < -0.39 is 9.84 Å². The Bertz CT molecular complexity index is 493. The van der Waals surface area contributed by atoms with Crippen molar-refractivity contribution in [2.24, 2.45) is 5.92 Å². The number of benzene rings is 1. The predicted molar refractivity (Wildman–Crippen MR) is 73.2 cm³/mol. The molecule has 1 aliphatic heterocycles. The van der Waals surface area contributed by atoms with E-state index in [1.807, 2.05) is 12.1 Å². The van der Waals surface area contributed by atoms with Crippen LogP contribution in [0.1, 0.15) is 25.3 Å². The minimum absolute atomic E-state index is 0.401. The van der Waals surface area contributed by atoms with Crippen LogP contribution in [-0.2, 0) is 16.4 Å². The Kier molecular flexibility index (Phi) is 4.07. The van der Waals surface area contributed by atoms with Crippen molar-refractivity contribution in [3.63, 3.8) is 0 Å². The zero-order valence-electron chi connectivity index (χ0n) is 11.1.